The van der Waals surface area contributed by atoms with Crippen LogP contribution in [0.3, 0.4) is 0 Å². The summed E-state index contributed by atoms with van der Waals surface area (Å²) in [6.07, 6.45) is 0. The molecule has 7 heteroatoms. The predicted octanol–water partition coefficient (Wildman–Crippen LogP) is 3.16. The van der Waals surface area contributed by atoms with E-state index in [2.05, 4.69) is 0 Å². The topological polar surface area (TPSA) is 40.6 Å². The molecule has 0 N–H and O–H groups in total. The number of hydrogen-bond acceptors (Lipinski definition) is 4. The summed E-state index contributed by atoms with van der Waals surface area (Å²) in [5, 5.41) is 0. The van der Waals surface area contributed by atoms with Gasteiger partial charge in [-0.1, -0.05) is 11.6 Å². The van der Waals surface area contributed by atoms with E-state index in [0.717, 1.165) is 10.9 Å². The number of anilines is 1. The van der Waals surface area contributed by atoms with E-state index in [1.54, 1.807) is 0 Å². The number of ketones is 1. The molecule has 0 radical (unpaired) electrons. The molecule has 0 saturated heterocycles. The van der Waals surface area contributed by atoms with Gasteiger partial charge in [0.2, 0.25) is 0 Å². The Labute approximate surface area is 135 Å². The van der Waals surface area contributed by atoms with Crippen molar-refractivity contribution in [1.29, 1.82) is 0 Å². The zero-order valence-corrected chi connectivity index (χ0v) is 13.2. The Kier molecular flexibility index (Phi) is 3.99. The molecule has 1 aromatic carbocycles. The Morgan fingerprint density at radius 2 is 2.05 bits per heavy atom. The van der Waals surface area contributed by atoms with Crippen molar-refractivity contribution in [1.82, 2.24) is 4.90 Å². The Bertz CT molecular complexity index is 762. The van der Waals surface area contributed by atoms with Gasteiger partial charge in [-0.2, -0.15) is 0 Å². The molecular formula is C15H12ClFN2O2S. The lowest BCUT2D eigenvalue weighted by Crippen LogP contribution is -2.38. The standard InChI is InChI=1S/C15H12ClFN2O2S/c1-18(7-10-3-5-13(16)22-10)8-19-12-4-2-9(17)6-11(12)14(20)15(19)21/h2-6H,7-8H2,1H3. The second-order valence-corrected chi connectivity index (χ2v) is 6.88. The molecule has 0 spiro atoms. The molecule has 2 heterocycles. The van der Waals surface area contributed by atoms with Crippen LogP contribution < -0.4 is 4.90 Å². The zero-order valence-electron chi connectivity index (χ0n) is 11.7. The molecule has 4 nitrogen and oxygen atoms in total. The van der Waals surface area contributed by atoms with Crippen molar-refractivity contribution < 1.29 is 14.0 Å². The van der Waals surface area contributed by atoms with Crippen LogP contribution in [0.5, 0.6) is 0 Å². The van der Waals surface area contributed by atoms with E-state index in [-0.39, 0.29) is 12.2 Å². The van der Waals surface area contributed by atoms with Crippen molar-refractivity contribution in [2.24, 2.45) is 0 Å². The summed E-state index contributed by atoms with van der Waals surface area (Å²) < 4.78 is 13.9. The number of carbonyl (C=O) groups excluding carboxylic acids is 2. The van der Waals surface area contributed by atoms with Crippen LogP contribution >= 0.6 is 22.9 Å². The van der Waals surface area contributed by atoms with E-state index in [1.807, 2.05) is 24.1 Å². The minimum atomic E-state index is -0.665. The van der Waals surface area contributed by atoms with E-state index in [4.69, 9.17) is 11.6 Å². The number of benzene rings is 1. The van der Waals surface area contributed by atoms with Crippen molar-refractivity contribution in [3.8, 4) is 0 Å². The van der Waals surface area contributed by atoms with Gasteiger partial charge >= 0.3 is 5.91 Å². The predicted molar refractivity (Wildman–Crippen MR) is 83.9 cm³/mol. The summed E-state index contributed by atoms with van der Waals surface area (Å²) in [7, 11) is 1.84. The number of Topliss-reactive ketones (excluding diaryl/α,β-unsaturated/α-hetero) is 1. The van der Waals surface area contributed by atoms with Crippen LogP contribution in [0.4, 0.5) is 10.1 Å². The summed E-state index contributed by atoms with van der Waals surface area (Å²) in [5.41, 5.74) is 0.574. The van der Waals surface area contributed by atoms with Gasteiger partial charge in [0, 0.05) is 11.4 Å². The Morgan fingerprint density at radius 3 is 2.73 bits per heavy atom. The first-order valence-corrected chi connectivity index (χ1v) is 7.73. The van der Waals surface area contributed by atoms with Crippen molar-refractivity contribution >= 4 is 40.3 Å². The van der Waals surface area contributed by atoms with Crippen LogP contribution in [-0.4, -0.2) is 30.3 Å². The molecule has 1 aliphatic heterocycles. The van der Waals surface area contributed by atoms with Crippen molar-refractivity contribution in [3.63, 3.8) is 0 Å². The molecular weight excluding hydrogens is 327 g/mol. The summed E-state index contributed by atoms with van der Waals surface area (Å²) in [4.78, 5) is 28.3. The van der Waals surface area contributed by atoms with Gasteiger partial charge in [0.1, 0.15) is 5.82 Å². The number of thiophene rings is 1. The fourth-order valence-corrected chi connectivity index (χ4v) is 3.58. The molecule has 0 saturated carbocycles. The third-order valence-corrected chi connectivity index (χ3v) is 4.59. The van der Waals surface area contributed by atoms with Crippen molar-refractivity contribution in [2.75, 3.05) is 18.6 Å². The van der Waals surface area contributed by atoms with Crippen LogP contribution in [0.15, 0.2) is 30.3 Å². The monoisotopic (exact) mass is 338 g/mol. The molecule has 1 aliphatic rings. The highest BCUT2D eigenvalue weighted by atomic mass is 35.5. The lowest BCUT2D eigenvalue weighted by atomic mass is 10.1. The van der Waals surface area contributed by atoms with E-state index in [0.29, 0.717) is 16.6 Å². The number of rotatable bonds is 4. The minimum absolute atomic E-state index is 0.123. The largest absolute Gasteiger partial charge is 0.300 e. The van der Waals surface area contributed by atoms with Gasteiger partial charge in [0.05, 0.1) is 22.3 Å². The van der Waals surface area contributed by atoms with Gasteiger partial charge in [-0.05, 0) is 37.4 Å². The fourth-order valence-electron chi connectivity index (χ4n) is 2.41. The summed E-state index contributed by atoms with van der Waals surface area (Å²) in [6, 6.07) is 7.55. The second-order valence-electron chi connectivity index (χ2n) is 5.09. The molecule has 0 atom stereocenters. The van der Waals surface area contributed by atoms with Crippen molar-refractivity contribution in [2.45, 2.75) is 6.54 Å². The molecule has 0 aliphatic carbocycles. The van der Waals surface area contributed by atoms with Crippen LogP contribution in [0, 0.1) is 5.82 Å². The molecule has 0 unspecified atom stereocenters. The van der Waals surface area contributed by atoms with Crippen LogP contribution in [-0.2, 0) is 11.3 Å². The first-order valence-electron chi connectivity index (χ1n) is 6.54. The van der Waals surface area contributed by atoms with E-state index in [9.17, 15) is 14.0 Å². The Balaban J connectivity index is 1.78. The van der Waals surface area contributed by atoms with Crippen LogP contribution in [0.25, 0.3) is 0 Å². The molecule has 0 fully saturated rings. The number of nitrogens with zero attached hydrogens (tertiary/aromatic N) is 2. The quantitative estimate of drug-likeness (QED) is 0.804. The van der Waals surface area contributed by atoms with Crippen molar-refractivity contribution in [3.05, 3.63) is 50.9 Å². The highest BCUT2D eigenvalue weighted by Gasteiger charge is 2.36. The molecule has 22 heavy (non-hydrogen) atoms. The molecule has 1 aromatic heterocycles. The first-order chi connectivity index (χ1) is 10.5. The molecule has 2 aromatic rings. The minimum Gasteiger partial charge on any atom is -0.291 e. The molecule has 1 amide bonds. The van der Waals surface area contributed by atoms with Gasteiger partial charge in [-0.25, -0.2) is 4.39 Å². The fraction of sp³-hybridized carbons (Fsp3) is 0.200. The second kappa shape index (κ2) is 5.79. The molecule has 114 valence electrons. The summed E-state index contributed by atoms with van der Waals surface area (Å²) in [6.45, 7) is 0.852. The average Bonchev–Trinajstić information content (AvgIpc) is 2.96. The maximum atomic E-state index is 13.2. The van der Waals surface area contributed by atoms with Crippen LogP contribution in [0.1, 0.15) is 15.2 Å². The highest BCUT2D eigenvalue weighted by Crippen LogP contribution is 2.30. The summed E-state index contributed by atoms with van der Waals surface area (Å²) >= 11 is 7.36. The van der Waals surface area contributed by atoms with Gasteiger partial charge in [-0.3, -0.25) is 19.4 Å². The average molecular weight is 339 g/mol. The maximum absolute atomic E-state index is 13.2. The lowest BCUT2D eigenvalue weighted by molar-refractivity contribution is -0.114. The van der Waals surface area contributed by atoms with E-state index < -0.39 is 17.5 Å². The first kappa shape index (κ1) is 15.1. The molecule has 0 bridgehead atoms. The Hall–Kier alpha value is -1.76. The number of amides is 1. The Morgan fingerprint density at radius 1 is 1.27 bits per heavy atom. The normalized spacial score (nSPS) is 14.1. The van der Waals surface area contributed by atoms with E-state index >= 15 is 0 Å². The maximum Gasteiger partial charge on any atom is 0.300 e. The third-order valence-electron chi connectivity index (χ3n) is 3.37. The summed E-state index contributed by atoms with van der Waals surface area (Å²) in [5.74, 6) is -1.82. The smallest absolute Gasteiger partial charge is 0.291 e. The third kappa shape index (κ3) is 2.77. The SMILES string of the molecule is CN(Cc1ccc(Cl)s1)CN1C(=O)C(=O)c2cc(F)ccc21. The van der Waals surface area contributed by atoms with Gasteiger partial charge in [-0.15, -0.1) is 11.3 Å². The number of halogens is 2. The number of hydrogen-bond donors (Lipinski definition) is 0. The van der Waals surface area contributed by atoms with Gasteiger partial charge in [0.15, 0.2) is 0 Å². The van der Waals surface area contributed by atoms with Gasteiger partial charge < -0.3 is 0 Å². The van der Waals surface area contributed by atoms with Crippen LogP contribution in [0.2, 0.25) is 4.34 Å². The number of carbonyl (C=O) groups is 2. The van der Waals surface area contributed by atoms with Gasteiger partial charge in [0.25, 0.3) is 5.78 Å². The zero-order chi connectivity index (χ0) is 15.9. The lowest BCUT2D eigenvalue weighted by Gasteiger charge is -2.23. The van der Waals surface area contributed by atoms with E-state index in [1.165, 1.54) is 28.4 Å². The molecule has 3 rings (SSSR count). The number of fused-ring (bicyclic) bond motifs is 1. The highest BCUT2D eigenvalue weighted by molar-refractivity contribution is 7.16.